The second-order valence-electron chi connectivity index (χ2n) is 10.1. The number of ether oxygens (including phenoxy) is 1. The van der Waals surface area contributed by atoms with Gasteiger partial charge in [0.25, 0.3) is 0 Å². The van der Waals surface area contributed by atoms with Crippen LogP contribution in [-0.4, -0.2) is 60.5 Å². The Balaban J connectivity index is 1.25. The van der Waals surface area contributed by atoms with Crippen LogP contribution >= 0.6 is 0 Å². The molecule has 1 atom stereocenters. The number of carbonyl (C=O) groups is 3. The average Bonchev–Trinajstić information content (AvgIpc) is 3.56. The van der Waals surface area contributed by atoms with Gasteiger partial charge in [-0.3, -0.25) is 19.5 Å². The largest absolute Gasteiger partial charge is 0.457 e. The Morgan fingerprint density at radius 1 is 1.10 bits per heavy atom. The number of urea groups is 1. The van der Waals surface area contributed by atoms with Crippen LogP contribution in [0.3, 0.4) is 0 Å². The quantitative estimate of drug-likeness (QED) is 0.425. The van der Waals surface area contributed by atoms with E-state index in [0.717, 1.165) is 22.6 Å². The SMILES string of the molecule is CNCC(=O)N1CC[C@@H](NC(=O)C2=C3NC(=O)N(c4ccc(Oc5ccccc5)cc4C)c4ccnc(c43)C2)C1. The van der Waals surface area contributed by atoms with Gasteiger partial charge in [0.1, 0.15) is 11.5 Å². The van der Waals surface area contributed by atoms with Crippen LogP contribution in [-0.2, 0) is 16.0 Å². The maximum Gasteiger partial charge on any atom is 0.331 e. The summed E-state index contributed by atoms with van der Waals surface area (Å²) in [6.07, 6.45) is 2.67. The van der Waals surface area contributed by atoms with Crippen molar-refractivity contribution in [3.8, 4) is 11.5 Å². The highest BCUT2D eigenvalue weighted by atomic mass is 16.5. The molecule has 1 aromatic heterocycles. The van der Waals surface area contributed by atoms with Gasteiger partial charge >= 0.3 is 6.03 Å². The first-order valence-corrected chi connectivity index (χ1v) is 13.3. The number of benzene rings is 2. The molecule has 1 aliphatic carbocycles. The standard InChI is InChI=1S/C30H30N6O4/c1-18-14-21(40-20-6-4-3-5-7-20)8-9-24(18)36-25-10-12-32-23-15-22(28(27(23)25)34-30(36)39)29(38)33-19-11-13-35(17-19)26(37)16-31-2/h3-10,12,14,19,31H,11,13,15-17H2,1-2H3,(H,33,38)(H,34,39)/t19-/m1/s1. The molecule has 0 spiro atoms. The Hall–Kier alpha value is -4.70. The second-order valence-corrected chi connectivity index (χ2v) is 10.1. The van der Waals surface area contributed by atoms with Crippen molar-refractivity contribution in [2.24, 2.45) is 0 Å². The van der Waals surface area contributed by atoms with Crippen molar-refractivity contribution in [1.82, 2.24) is 25.8 Å². The van der Waals surface area contributed by atoms with E-state index in [1.165, 1.54) is 0 Å². The van der Waals surface area contributed by atoms with Crippen molar-refractivity contribution in [3.05, 3.63) is 83.2 Å². The monoisotopic (exact) mass is 538 g/mol. The van der Waals surface area contributed by atoms with E-state index in [0.29, 0.717) is 54.3 Å². The van der Waals surface area contributed by atoms with E-state index < -0.39 is 0 Å². The molecular formula is C30H30N6O4. The third kappa shape index (κ3) is 4.66. The number of amides is 4. The van der Waals surface area contributed by atoms with Gasteiger partial charge in [0.15, 0.2) is 0 Å². The van der Waals surface area contributed by atoms with E-state index in [2.05, 4.69) is 20.9 Å². The number of likely N-dealkylation sites (N-methyl/N-ethyl adjacent to an activating group) is 1. The fourth-order valence-electron chi connectivity index (χ4n) is 5.54. The lowest BCUT2D eigenvalue weighted by molar-refractivity contribution is -0.129. The molecule has 0 saturated carbocycles. The number of likely N-dealkylation sites (tertiary alicyclic amines) is 1. The topological polar surface area (TPSA) is 116 Å². The van der Waals surface area contributed by atoms with E-state index in [-0.39, 0.29) is 30.4 Å². The Labute approximate surface area is 232 Å². The first-order chi connectivity index (χ1) is 19.4. The van der Waals surface area contributed by atoms with Crippen molar-refractivity contribution < 1.29 is 19.1 Å². The van der Waals surface area contributed by atoms with Crippen LogP contribution in [0, 0.1) is 6.92 Å². The first-order valence-electron chi connectivity index (χ1n) is 13.3. The van der Waals surface area contributed by atoms with Crippen molar-refractivity contribution in [2.75, 3.05) is 31.6 Å². The molecular weight excluding hydrogens is 508 g/mol. The van der Waals surface area contributed by atoms with Gasteiger partial charge in [-0.15, -0.1) is 0 Å². The van der Waals surface area contributed by atoms with Crippen LogP contribution in [0.1, 0.15) is 23.2 Å². The predicted molar refractivity (Wildman–Crippen MR) is 150 cm³/mol. The van der Waals surface area contributed by atoms with Crippen molar-refractivity contribution in [2.45, 2.75) is 25.8 Å². The number of para-hydroxylation sites is 1. The Bertz CT molecular complexity index is 1540. The third-order valence-corrected chi connectivity index (χ3v) is 7.45. The number of aryl methyl sites for hydroxylation is 1. The van der Waals surface area contributed by atoms with E-state index in [9.17, 15) is 14.4 Å². The molecule has 1 fully saturated rings. The molecule has 0 bridgehead atoms. The zero-order valence-electron chi connectivity index (χ0n) is 22.4. The Morgan fingerprint density at radius 2 is 1.93 bits per heavy atom. The zero-order chi connectivity index (χ0) is 27.8. The lowest BCUT2D eigenvalue weighted by Gasteiger charge is -2.32. The summed E-state index contributed by atoms with van der Waals surface area (Å²) in [5, 5.41) is 8.90. The Morgan fingerprint density at radius 3 is 2.70 bits per heavy atom. The van der Waals surface area contributed by atoms with Gasteiger partial charge in [0.2, 0.25) is 11.8 Å². The molecule has 6 rings (SSSR count). The zero-order valence-corrected chi connectivity index (χ0v) is 22.4. The minimum Gasteiger partial charge on any atom is -0.457 e. The summed E-state index contributed by atoms with van der Waals surface area (Å²) in [7, 11) is 1.73. The maximum atomic E-state index is 13.5. The number of nitrogens with zero attached hydrogens (tertiary/aromatic N) is 3. The summed E-state index contributed by atoms with van der Waals surface area (Å²) >= 11 is 0. The molecule has 4 amide bonds. The van der Waals surface area contributed by atoms with Gasteiger partial charge < -0.3 is 25.6 Å². The molecule has 3 N–H and O–H groups in total. The van der Waals surface area contributed by atoms with Crippen molar-refractivity contribution in [1.29, 1.82) is 0 Å². The highest BCUT2D eigenvalue weighted by Crippen LogP contribution is 2.44. The highest BCUT2D eigenvalue weighted by molar-refractivity contribution is 6.15. The van der Waals surface area contributed by atoms with E-state index in [4.69, 9.17) is 4.74 Å². The summed E-state index contributed by atoms with van der Waals surface area (Å²) in [4.78, 5) is 47.0. The number of anilines is 2. The molecule has 0 radical (unpaired) electrons. The lowest BCUT2D eigenvalue weighted by atomic mass is 10.1. The molecule has 3 aliphatic rings. The minimum absolute atomic E-state index is 0.0120. The molecule has 3 aromatic rings. The number of aromatic nitrogens is 1. The van der Waals surface area contributed by atoms with Crippen molar-refractivity contribution >= 4 is 34.9 Å². The predicted octanol–water partition coefficient (Wildman–Crippen LogP) is 3.25. The molecule has 3 heterocycles. The summed E-state index contributed by atoms with van der Waals surface area (Å²) < 4.78 is 5.96. The molecule has 204 valence electrons. The van der Waals surface area contributed by atoms with Crippen LogP contribution in [0.15, 0.2) is 66.4 Å². The van der Waals surface area contributed by atoms with Crippen LogP contribution in [0.5, 0.6) is 11.5 Å². The van der Waals surface area contributed by atoms with E-state index in [1.807, 2.05) is 55.5 Å². The minimum atomic E-state index is -0.351. The number of hydrogen-bond donors (Lipinski definition) is 3. The molecule has 2 aliphatic heterocycles. The summed E-state index contributed by atoms with van der Waals surface area (Å²) in [6, 6.07) is 16.4. The van der Waals surface area contributed by atoms with Gasteiger partial charge in [-0.25, -0.2) is 4.79 Å². The maximum absolute atomic E-state index is 13.5. The summed E-state index contributed by atoms with van der Waals surface area (Å²) in [5.41, 5.74) is 4.72. The molecule has 10 heteroatoms. The number of pyridine rings is 1. The van der Waals surface area contributed by atoms with Gasteiger partial charge in [-0.2, -0.15) is 0 Å². The number of nitrogens with one attached hydrogen (secondary N) is 3. The molecule has 1 saturated heterocycles. The van der Waals surface area contributed by atoms with Gasteiger partial charge in [0, 0.05) is 42.9 Å². The molecule has 2 aromatic carbocycles. The summed E-state index contributed by atoms with van der Waals surface area (Å²) in [5.74, 6) is 1.16. The highest BCUT2D eigenvalue weighted by Gasteiger charge is 2.39. The van der Waals surface area contributed by atoms with Crippen LogP contribution in [0.2, 0.25) is 0 Å². The smallest absolute Gasteiger partial charge is 0.331 e. The summed E-state index contributed by atoms with van der Waals surface area (Å²) in [6.45, 7) is 3.26. The number of hydrogen-bond acceptors (Lipinski definition) is 6. The fraction of sp³-hybridized carbons (Fsp3) is 0.267. The van der Waals surface area contributed by atoms with Crippen LogP contribution in [0.4, 0.5) is 16.2 Å². The fourth-order valence-corrected chi connectivity index (χ4v) is 5.54. The first kappa shape index (κ1) is 25.6. The second kappa shape index (κ2) is 10.5. The lowest BCUT2D eigenvalue weighted by Crippen LogP contribution is -2.43. The third-order valence-electron chi connectivity index (χ3n) is 7.45. The molecule has 0 unspecified atom stereocenters. The normalized spacial score (nSPS) is 17.6. The van der Waals surface area contributed by atoms with Gasteiger partial charge in [-0.05, 0) is 62.4 Å². The van der Waals surface area contributed by atoms with Crippen LogP contribution in [0.25, 0.3) is 5.70 Å². The van der Waals surface area contributed by atoms with E-state index >= 15 is 0 Å². The molecule has 40 heavy (non-hydrogen) atoms. The van der Waals surface area contributed by atoms with Crippen LogP contribution < -0.4 is 25.6 Å². The van der Waals surface area contributed by atoms with Gasteiger partial charge in [0.05, 0.1) is 29.3 Å². The number of rotatable bonds is 7. The number of carbonyl (C=O) groups excluding carboxylic acids is 3. The van der Waals surface area contributed by atoms with E-state index in [1.54, 1.807) is 29.1 Å². The van der Waals surface area contributed by atoms with Gasteiger partial charge in [-0.1, -0.05) is 18.2 Å². The molecule has 10 nitrogen and oxygen atoms in total. The average molecular weight is 539 g/mol. The Kier molecular flexibility index (Phi) is 6.69. The van der Waals surface area contributed by atoms with Crippen molar-refractivity contribution in [3.63, 3.8) is 0 Å².